The summed E-state index contributed by atoms with van der Waals surface area (Å²) in [5, 5.41) is 5.68. The number of carbonyl (C=O) groups excluding carboxylic acids is 2. The van der Waals surface area contributed by atoms with Crippen molar-refractivity contribution in [1.29, 1.82) is 0 Å². The van der Waals surface area contributed by atoms with Crippen LogP contribution in [0, 0.1) is 5.82 Å². The first kappa shape index (κ1) is 19.5. The van der Waals surface area contributed by atoms with Crippen molar-refractivity contribution in [2.24, 2.45) is 0 Å². The van der Waals surface area contributed by atoms with Gasteiger partial charge in [0.2, 0.25) is 11.8 Å². The fraction of sp³-hybridized carbons (Fsp3) is 0.333. The summed E-state index contributed by atoms with van der Waals surface area (Å²) in [5.74, 6) is -0.619. The van der Waals surface area contributed by atoms with Gasteiger partial charge in [-0.3, -0.25) is 9.59 Å². The van der Waals surface area contributed by atoms with Gasteiger partial charge >= 0.3 is 0 Å². The molecule has 2 amide bonds. The van der Waals surface area contributed by atoms with Crippen LogP contribution in [0.3, 0.4) is 0 Å². The predicted molar refractivity (Wildman–Crippen MR) is 107 cm³/mol. The van der Waals surface area contributed by atoms with Crippen molar-refractivity contribution < 1.29 is 14.0 Å². The Morgan fingerprint density at radius 2 is 1.78 bits per heavy atom. The lowest BCUT2D eigenvalue weighted by Gasteiger charge is -2.28. The Balaban J connectivity index is 1.57. The number of anilines is 1. The molecule has 1 saturated carbocycles. The van der Waals surface area contributed by atoms with E-state index < -0.39 is 5.41 Å². The SMILES string of the molecule is O=C(CCNC(=O)C1(c2cccc(F)c2)CCCC1)Nc1ccc(Br)cc1. The van der Waals surface area contributed by atoms with E-state index in [4.69, 9.17) is 0 Å². The van der Waals surface area contributed by atoms with Crippen molar-refractivity contribution in [2.45, 2.75) is 37.5 Å². The lowest BCUT2D eigenvalue weighted by Crippen LogP contribution is -2.43. The van der Waals surface area contributed by atoms with Gasteiger partial charge in [0, 0.05) is 23.1 Å². The number of benzene rings is 2. The second-order valence-electron chi connectivity index (χ2n) is 6.86. The molecule has 0 aliphatic heterocycles. The maximum atomic E-state index is 13.7. The van der Waals surface area contributed by atoms with Crippen LogP contribution in [0.15, 0.2) is 53.0 Å². The molecule has 2 aromatic carbocycles. The summed E-state index contributed by atoms with van der Waals surface area (Å²) in [4.78, 5) is 25.0. The third-order valence-corrected chi connectivity index (χ3v) is 5.56. The summed E-state index contributed by atoms with van der Waals surface area (Å²) in [6.07, 6.45) is 3.46. The van der Waals surface area contributed by atoms with E-state index in [9.17, 15) is 14.0 Å². The van der Waals surface area contributed by atoms with Crippen molar-refractivity contribution in [2.75, 3.05) is 11.9 Å². The number of amides is 2. The third kappa shape index (κ3) is 4.75. The van der Waals surface area contributed by atoms with Crippen LogP contribution < -0.4 is 10.6 Å². The first-order valence-corrected chi connectivity index (χ1v) is 9.89. The van der Waals surface area contributed by atoms with Crippen molar-refractivity contribution in [1.82, 2.24) is 5.32 Å². The van der Waals surface area contributed by atoms with Crippen LogP contribution in [-0.2, 0) is 15.0 Å². The molecule has 6 heteroatoms. The van der Waals surface area contributed by atoms with Gasteiger partial charge in [-0.1, -0.05) is 40.9 Å². The van der Waals surface area contributed by atoms with Crippen molar-refractivity contribution in [3.05, 3.63) is 64.4 Å². The van der Waals surface area contributed by atoms with Gasteiger partial charge in [-0.25, -0.2) is 4.39 Å². The Bertz CT molecular complexity index is 817. The normalized spacial score (nSPS) is 15.3. The zero-order valence-corrected chi connectivity index (χ0v) is 16.5. The molecule has 0 saturated heterocycles. The average Bonchev–Trinajstić information content (AvgIpc) is 3.15. The van der Waals surface area contributed by atoms with E-state index in [1.165, 1.54) is 12.1 Å². The predicted octanol–water partition coefficient (Wildman–Crippen LogP) is 4.55. The van der Waals surface area contributed by atoms with Gasteiger partial charge in [-0.2, -0.15) is 0 Å². The molecule has 2 aromatic rings. The number of carbonyl (C=O) groups is 2. The molecule has 3 rings (SSSR count). The first-order valence-electron chi connectivity index (χ1n) is 9.09. The second kappa shape index (κ2) is 8.65. The summed E-state index contributed by atoms with van der Waals surface area (Å²) in [5.41, 5.74) is 0.739. The first-order chi connectivity index (χ1) is 13.0. The van der Waals surface area contributed by atoms with Crippen molar-refractivity contribution >= 4 is 33.4 Å². The van der Waals surface area contributed by atoms with E-state index in [2.05, 4.69) is 26.6 Å². The molecule has 0 radical (unpaired) electrons. The van der Waals surface area contributed by atoms with Crippen LogP contribution in [0.2, 0.25) is 0 Å². The Labute approximate surface area is 166 Å². The average molecular weight is 433 g/mol. The summed E-state index contributed by atoms with van der Waals surface area (Å²) < 4.78 is 14.6. The number of halogens is 2. The number of hydrogen-bond donors (Lipinski definition) is 2. The molecular formula is C21H22BrFN2O2. The molecule has 4 nitrogen and oxygen atoms in total. The highest BCUT2D eigenvalue weighted by Gasteiger charge is 2.42. The number of hydrogen-bond acceptors (Lipinski definition) is 2. The minimum atomic E-state index is -0.690. The van der Waals surface area contributed by atoms with E-state index in [1.54, 1.807) is 18.2 Å². The molecule has 0 spiro atoms. The van der Waals surface area contributed by atoms with Gasteiger partial charge in [-0.05, 0) is 54.8 Å². The third-order valence-electron chi connectivity index (χ3n) is 5.03. The molecule has 142 valence electrons. The molecule has 0 atom stereocenters. The molecule has 0 bridgehead atoms. The lowest BCUT2D eigenvalue weighted by atomic mass is 9.78. The van der Waals surface area contributed by atoms with Gasteiger partial charge in [0.05, 0.1) is 5.41 Å². The molecular weight excluding hydrogens is 411 g/mol. The van der Waals surface area contributed by atoms with Gasteiger partial charge in [0.25, 0.3) is 0 Å². The molecule has 2 N–H and O–H groups in total. The second-order valence-corrected chi connectivity index (χ2v) is 7.78. The summed E-state index contributed by atoms with van der Waals surface area (Å²) in [6, 6.07) is 13.6. The van der Waals surface area contributed by atoms with E-state index in [-0.39, 0.29) is 30.6 Å². The van der Waals surface area contributed by atoms with Crippen LogP contribution in [0.25, 0.3) is 0 Å². The Morgan fingerprint density at radius 3 is 2.44 bits per heavy atom. The zero-order valence-electron chi connectivity index (χ0n) is 14.9. The van der Waals surface area contributed by atoms with Crippen LogP contribution in [-0.4, -0.2) is 18.4 Å². The van der Waals surface area contributed by atoms with Crippen LogP contribution in [0.1, 0.15) is 37.7 Å². The molecule has 0 aromatic heterocycles. The fourth-order valence-electron chi connectivity index (χ4n) is 3.63. The van der Waals surface area contributed by atoms with E-state index >= 15 is 0 Å². The van der Waals surface area contributed by atoms with E-state index in [0.29, 0.717) is 18.5 Å². The van der Waals surface area contributed by atoms with Crippen LogP contribution in [0.4, 0.5) is 10.1 Å². The molecule has 0 heterocycles. The highest BCUT2D eigenvalue weighted by Crippen LogP contribution is 2.41. The lowest BCUT2D eigenvalue weighted by molar-refractivity contribution is -0.126. The fourth-order valence-corrected chi connectivity index (χ4v) is 3.89. The largest absolute Gasteiger partial charge is 0.355 e. The van der Waals surface area contributed by atoms with Gasteiger partial charge < -0.3 is 10.6 Å². The Hall–Kier alpha value is -2.21. The minimum Gasteiger partial charge on any atom is -0.355 e. The van der Waals surface area contributed by atoms with Crippen LogP contribution >= 0.6 is 15.9 Å². The summed E-state index contributed by atoms with van der Waals surface area (Å²) >= 11 is 3.35. The van der Waals surface area contributed by atoms with Gasteiger partial charge in [-0.15, -0.1) is 0 Å². The maximum Gasteiger partial charge on any atom is 0.230 e. The van der Waals surface area contributed by atoms with Gasteiger partial charge in [0.1, 0.15) is 5.82 Å². The van der Waals surface area contributed by atoms with E-state index in [1.807, 2.05) is 18.2 Å². The number of rotatable bonds is 6. The van der Waals surface area contributed by atoms with Crippen LogP contribution in [0.5, 0.6) is 0 Å². The van der Waals surface area contributed by atoms with Crippen molar-refractivity contribution in [3.8, 4) is 0 Å². The summed E-state index contributed by atoms with van der Waals surface area (Å²) in [7, 11) is 0. The Morgan fingerprint density at radius 1 is 1.07 bits per heavy atom. The molecule has 27 heavy (non-hydrogen) atoms. The molecule has 1 aliphatic carbocycles. The summed E-state index contributed by atoms with van der Waals surface area (Å²) in [6.45, 7) is 0.248. The quantitative estimate of drug-likeness (QED) is 0.703. The Kier molecular flexibility index (Phi) is 6.26. The maximum absolute atomic E-state index is 13.7. The topological polar surface area (TPSA) is 58.2 Å². The standard InChI is InChI=1S/C21H22BrFN2O2/c22-16-6-8-18(9-7-16)25-19(26)10-13-24-20(27)21(11-1-2-12-21)15-4-3-5-17(23)14-15/h3-9,14H,1-2,10-13H2,(H,24,27)(H,25,26). The smallest absolute Gasteiger partial charge is 0.230 e. The van der Waals surface area contributed by atoms with Crippen molar-refractivity contribution in [3.63, 3.8) is 0 Å². The minimum absolute atomic E-state index is 0.123. The monoisotopic (exact) mass is 432 g/mol. The molecule has 1 aliphatic rings. The van der Waals surface area contributed by atoms with E-state index in [0.717, 1.165) is 22.9 Å². The number of nitrogens with one attached hydrogen (secondary N) is 2. The zero-order chi connectivity index (χ0) is 19.3. The molecule has 1 fully saturated rings. The highest BCUT2D eigenvalue weighted by molar-refractivity contribution is 9.10. The van der Waals surface area contributed by atoms with Gasteiger partial charge in [0.15, 0.2) is 0 Å². The molecule has 0 unspecified atom stereocenters. The highest BCUT2D eigenvalue weighted by atomic mass is 79.9.